The molecule has 1 atom stereocenters. The fourth-order valence-corrected chi connectivity index (χ4v) is 4.11. The van der Waals surface area contributed by atoms with Crippen LogP contribution < -0.4 is 5.32 Å². The summed E-state index contributed by atoms with van der Waals surface area (Å²) in [5.74, 6) is 0.995. The van der Waals surface area contributed by atoms with Crippen LogP contribution in [0.4, 0.5) is 0 Å². The summed E-state index contributed by atoms with van der Waals surface area (Å²) in [5.41, 5.74) is 1.13. The lowest BCUT2D eigenvalue weighted by molar-refractivity contribution is 0.157. The standard InChI is InChI=1S/C18H26N6/c1-3-8-16(9-4-1)14-24-17(20-21-22-24)18(10-7-11-19-18)15-23-12-5-2-6-13-23/h1,3-4,8-9,19H,2,5-7,10-15H2. The Kier molecular flexibility index (Phi) is 4.58. The summed E-state index contributed by atoms with van der Waals surface area (Å²) in [5, 5.41) is 16.5. The van der Waals surface area contributed by atoms with Gasteiger partial charge in [0.15, 0.2) is 5.82 Å². The molecule has 2 aliphatic rings. The van der Waals surface area contributed by atoms with E-state index in [9.17, 15) is 0 Å². The zero-order chi connectivity index (χ0) is 16.2. The van der Waals surface area contributed by atoms with E-state index in [1.54, 1.807) is 0 Å². The third kappa shape index (κ3) is 3.21. The molecule has 0 aliphatic carbocycles. The van der Waals surface area contributed by atoms with E-state index in [2.05, 4.69) is 50.0 Å². The zero-order valence-corrected chi connectivity index (χ0v) is 14.2. The maximum atomic E-state index is 4.44. The quantitative estimate of drug-likeness (QED) is 0.908. The fraction of sp³-hybridized carbons (Fsp3) is 0.611. The SMILES string of the molecule is c1ccc(Cn2nnnc2C2(CN3CCCCC3)CCCN2)cc1. The molecule has 0 radical (unpaired) electrons. The van der Waals surface area contributed by atoms with Gasteiger partial charge < -0.3 is 10.2 Å². The van der Waals surface area contributed by atoms with Crippen LogP contribution in [0.1, 0.15) is 43.5 Å². The van der Waals surface area contributed by atoms with Crippen LogP contribution in [0.2, 0.25) is 0 Å². The van der Waals surface area contributed by atoms with Crippen LogP contribution in [0.15, 0.2) is 30.3 Å². The van der Waals surface area contributed by atoms with Crippen molar-refractivity contribution in [2.45, 2.75) is 44.2 Å². The van der Waals surface area contributed by atoms with E-state index in [4.69, 9.17) is 0 Å². The lowest BCUT2D eigenvalue weighted by Gasteiger charge is -2.36. The summed E-state index contributed by atoms with van der Waals surface area (Å²) in [7, 11) is 0. The maximum Gasteiger partial charge on any atom is 0.173 e. The fourth-order valence-electron chi connectivity index (χ4n) is 4.11. The first-order valence-electron chi connectivity index (χ1n) is 9.14. The van der Waals surface area contributed by atoms with Gasteiger partial charge in [0, 0.05) is 6.54 Å². The average Bonchev–Trinajstić information content (AvgIpc) is 3.27. The van der Waals surface area contributed by atoms with Gasteiger partial charge in [-0.2, -0.15) is 0 Å². The van der Waals surface area contributed by atoms with Crippen LogP contribution in [-0.2, 0) is 12.1 Å². The van der Waals surface area contributed by atoms with Gasteiger partial charge in [-0.15, -0.1) is 5.10 Å². The topological polar surface area (TPSA) is 58.9 Å². The molecule has 1 N–H and O–H groups in total. The van der Waals surface area contributed by atoms with Crippen LogP contribution in [-0.4, -0.2) is 51.3 Å². The number of aromatic nitrogens is 4. The first-order valence-corrected chi connectivity index (χ1v) is 9.14. The molecule has 3 heterocycles. The molecule has 2 saturated heterocycles. The second-order valence-electron chi connectivity index (χ2n) is 7.09. The lowest BCUT2D eigenvalue weighted by atomic mass is 9.94. The van der Waals surface area contributed by atoms with Gasteiger partial charge in [0.1, 0.15) is 0 Å². The number of rotatable bonds is 5. The van der Waals surface area contributed by atoms with E-state index in [0.29, 0.717) is 0 Å². The van der Waals surface area contributed by atoms with E-state index in [1.165, 1.54) is 44.3 Å². The molecular formula is C18H26N6. The lowest BCUT2D eigenvalue weighted by Crippen LogP contribution is -2.50. The number of piperidine rings is 1. The van der Waals surface area contributed by atoms with E-state index in [0.717, 1.165) is 31.9 Å². The summed E-state index contributed by atoms with van der Waals surface area (Å²) < 4.78 is 1.98. The number of hydrogen-bond acceptors (Lipinski definition) is 5. The van der Waals surface area contributed by atoms with Crippen LogP contribution in [0.5, 0.6) is 0 Å². The molecule has 1 aromatic heterocycles. The van der Waals surface area contributed by atoms with Gasteiger partial charge in [0.2, 0.25) is 0 Å². The molecule has 2 aliphatic heterocycles. The predicted molar refractivity (Wildman–Crippen MR) is 92.6 cm³/mol. The molecule has 0 spiro atoms. The smallest absolute Gasteiger partial charge is 0.173 e. The number of likely N-dealkylation sites (tertiary alicyclic amines) is 1. The Labute approximate surface area is 143 Å². The molecule has 128 valence electrons. The molecule has 2 aromatic rings. The number of nitrogens with one attached hydrogen (secondary N) is 1. The molecule has 4 rings (SSSR count). The van der Waals surface area contributed by atoms with Gasteiger partial charge >= 0.3 is 0 Å². The minimum atomic E-state index is -0.102. The van der Waals surface area contributed by atoms with Crippen molar-refractivity contribution in [3.8, 4) is 0 Å². The van der Waals surface area contributed by atoms with Crippen molar-refractivity contribution in [3.05, 3.63) is 41.7 Å². The number of hydrogen-bond donors (Lipinski definition) is 1. The summed E-state index contributed by atoms with van der Waals surface area (Å²) >= 11 is 0. The van der Waals surface area contributed by atoms with Gasteiger partial charge in [-0.05, 0) is 61.3 Å². The molecule has 0 amide bonds. The summed E-state index contributed by atoms with van der Waals surface area (Å²) in [6.07, 6.45) is 6.28. The molecule has 0 bridgehead atoms. The number of benzene rings is 1. The third-order valence-corrected chi connectivity index (χ3v) is 5.32. The van der Waals surface area contributed by atoms with E-state index >= 15 is 0 Å². The molecule has 2 fully saturated rings. The largest absolute Gasteiger partial charge is 0.304 e. The highest BCUT2D eigenvalue weighted by molar-refractivity contribution is 5.17. The predicted octanol–water partition coefficient (Wildman–Crippen LogP) is 1.79. The van der Waals surface area contributed by atoms with Crippen molar-refractivity contribution in [1.82, 2.24) is 30.4 Å². The van der Waals surface area contributed by atoms with Crippen molar-refractivity contribution >= 4 is 0 Å². The molecule has 0 saturated carbocycles. The van der Waals surface area contributed by atoms with Crippen LogP contribution in [0, 0.1) is 0 Å². The van der Waals surface area contributed by atoms with Crippen molar-refractivity contribution in [3.63, 3.8) is 0 Å². The molecule has 1 unspecified atom stereocenters. The second kappa shape index (κ2) is 6.99. The summed E-state index contributed by atoms with van der Waals surface area (Å²) in [6, 6.07) is 10.4. The van der Waals surface area contributed by atoms with E-state index in [-0.39, 0.29) is 5.54 Å². The Morgan fingerprint density at radius 1 is 1.04 bits per heavy atom. The molecule has 1 aromatic carbocycles. The monoisotopic (exact) mass is 326 g/mol. The van der Waals surface area contributed by atoms with Crippen molar-refractivity contribution in [2.75, 3.05) is 26.2 Å². The zero-order valence-electron chi connectivity index (χ0n) is 14.2. The van der Waals surface area contributed by atoms with Crippen molar-refractivity contribution in [1.29, 1.82) is 0 Å². The third-order valence-electron chi connectivity index (χ3n) is 5.32. The van der Waals surface area contributed by atoms with E-state index in [1.807, 2.05) is 10.7 Å². The van der Waals surface area contributed by atoms with Crippen LogP contribution in [0.3, 0.4) is 0 Å². The highest BCUT2D eigenvalue weighted by atomic mass is 15.6. The van der Waals surface area contributed by atoms with Crippen LogP contribution in [0.25, 0.3) is 0 Å². The van der Waals surface area contributed by atoms with Crippen molar-refractivity contribution < 1.29 is 0 Å². The number of nitrogens with zero attached hydrogens (tertiary/aromatic N) is 5. The molecule has 24 heavy (non-hydrogen) atoms. The second-order valence-corrected chi connectivity index (χ2v) is 7.09. The first kappa shape index (κ1) is 15.7. The Bertz CT molecular complexity index is 641. The van der Waals surface area contributed by atoms with Gasteiger partial charge in [-0.25, -0.2) is 4.68 Å². The minimum absolute atomic E-state index is 0.102. The molecular weight excluding hydrogens is 300 g/mol. The first-order chi connectivity index (χ1) is 11.9. The Morgan fingerprint density at radius 3 is 2.62 bits per heavy atom. The highest BCUT2D eigenvalue weighted by Crippen LogP contribution is 2.31. The Morgan fingerprint density at radius 2 is 1.88 bits per heavy atom. The average molecular weight is 326 g/mol. The van der Waals surface area contributed by atoms with Gasteiger partial charge in [-0.3, -0.25) is 0 Å². The van der Waals surface area contributed by atoms with Gasteiger partial charge in [0.25, 0.3) is 0 Å². The minimum Gasteiger partial charge on any atom is -0.304 e. The Hall–Kier alpha value is -1.79. The van der Waals surface area contributed by atoms with Gasteiger partial charge in [-0.1, -0.05) is 36.8 Å². The van der Waals surface area contributed by atoms with E-state index < -0.39 is 0 Å². The maximum absolute atomic E-state index is 4.44. The molecule has 6 nitrogen and oxygen atoms in total. The normalized spacial score (nSPS) is 25.2. The highest BCUT2D eigenvalue weighted by Gasteiger charge is 2.41. The number of tetrazole rings is 1. The van der Waals surface area contributed by atoms with Gasteiger partial charge in [0.05, 0.1) is 12.1 Å². The van der Waals surface area contributed by atoms with Crippen molar-refractivity contribution in [2.24, 2.45) is 0 Å². The summed E-state index contributed by atoms with van der Waals surface area (Å²) in [6.45, 7) is 5.19. The molecule has 6 heteroatoms. The van der Waals surface area contributed by atoms with Crippen LogP contribution >= 0.6 is 0 Å². The summed E-state index contributed by atoms with van der Waals surface area (Å²) in [4.78, 5) is 2.59. The Balaban J connectivity index is 1.58.